The van der Waals surface area contributed by atoms with Gasteiger partial charge in [-0.05, 0) is 36.4 Å². The highest BCUT2D eigenvalue weighted by Crippen LogP contribution is 2.26. The molecule has 0 fully saturated rings. The van der Waals surface area contributed by atoms with Gasteiger partial charge in [0.15, 0.2) is 5.13 Å². The van der Waals surface area contributed by atoms with E-state index in [1.54, 1.807) is 36.4 Å². The Morgan fingerprint density at radius 1 is 1.12 bits per heavy atom. The largest absolute Gasteiger partial charge is 0.325 e. The molecule has 2 aromatic carbocycles. The summed E-state index contributed by atoms with van der Waals surface area (Å²) in [6.07, 6.45) is 0. The number of H-pyrrole nitrogens is 2. The molecule has 0 bridgehead atoms. The molecule has 0 saturated heterocycles. The zero-order valence-corrected chi connectivity index (χ0v) is 13.4. The van der Waals surface area contributed by atoms with Gasteiger partial charge in [0, 0.05) is 5.69 Å². The Kier molecular flexibility index (Phi) is 3.45. The maximum absolute atomic E-state index is 12.1. The zero-order chi connectivity index (χ0) is 17.4. The van der Waals surface area contributed by atoms with Gasteiger partial charge in [0.2, 0.25) is 0 Å². The normalized spacial score (nSPS) is 10.7. The van der Waals surface area contributed by atoms with Crippen LogP contribution in [0.4, 0.5) is 15.6 Å². The minimum atomic E-state index is -0.447. The molecule has 0 atom stereocenters. The highest BCUT2D eigenvalue weighted by molar-refractivity contribution is 7.22. The number of hydrogen-bond donors (Lipinski definition) is 4. The van der Waals surface area contributed by atoms with Crippen molar-refractivity contribution in [3.63, 3.8) is 0 Å². The van der Waals surface area contributed by atoms with Crippen molar-refractivity contribution in [2.75, 3.05) is 10.6 Å². The fraction of sp³-hybridized carbons (Fsp3) is 0. The van der Waals surface area contributed by atoms with E-state index in [1.807, 2.05) is 0 Å². The fourth-order valence-corrected chi connectivity index (χ4v) is 3.32. The third-order valence-corrected chi connectivity index (χ3v) is 4.45. The quantitative estimate of drug-likeness (QED) is 0.443. The third-order valence-electron chi connectivity index (χ3n) is 3.51. The van der Waals surface area contributed by atoms with Crippen LogP contribution >= 0.6 is 11.3 Å². The number of carbonyl (C=O) groups is 1. The van der Waals surface area contributed by atoms with Crippen molar-refractivity contribution < 1.29 is 4.79 Å². The lowest BCUT2D eigenvalue weighted by molar-refractivity contribution is 0.262. The summed E-state index contributed by atoms with van der Waals surface area (Å²) in [6, 6.07) is 11.8. The summed E-state index contributed by atoms with van der Waals surface area (Å²) in [6.45, 7) is 0. The number of carbonyl (C=O) groups excluding carboxylic acids is 1. The molecule has 2 aromatic heterocycles. The van der Waals surface area contributed by atoms with Gasteiger partial charge in [0.1, 0.15) is 0 Å². The van der Waals surface area contributed by atoms with E-state index in [1.165, 1.54) is 11.3 Å². The van der Waals surface area contributed by atoms with E-state index in [2.05, 4.69) is 31.7 Å². The van der Waals surface area contributed by atoms with E-state index in [0.717, 1.165) is 4.70 Å². The maximum atomic E-state index is 12.1. The van der Waals surface area contributed by atoms with Gasteiger partial charge in [-0.2, -0.15) is 5.26 Å². The number of aromatic nitrogens is 3. The van der Waals surface area contributed by atoms with Crippen LogP contribution in [0.15, 0.2) is 41.2 Å². The molecule has 0 aliphatic carbocycles. The van der Waals surface area contributed by atoms with Gasteiger partial charge in [0.25, 0.3) is 0 Å². The average molecular weight is 350 g/mol. The molecule has 122 valence electrons. The van der Waals surface area contributed by atoms with Crippen LogP contribution in [0.25, 0.3) is 21.3 Å². The van der Waals surface area contributed by atoms with Gasteiger partial charge in [-0.1, -0.05) is 11.3 Å². The van der Waals surface area contributed by atoms with E-state index in [9.17, 15) is 9.59 Å². The lowest BCUT2D eigenvalue weighted by Gasteiger charge is -2.05. The predicted molar refractivity (Wildman–Crippen MR) is 95.9 cm³/mol. The standard InChI is InChI=1S/C16H10N6O2S/c17-7-8-1-3-11-13(5-8)25-16(21-11)22-14(23)18-9-2-4-10-12(6-9)20-15(24)19-10/h1-6H,(H2,19,20,24)(H2,18,21,22,23). The minimum Gasteiger partial charge on any atom is -0.308 e. The van der Waals surface area contributed by atoms with Crippen molar-refractivity contribution in [1.82, 2.24) is 15.0 Å². The van der Waals surface area contributed by atoms with Crippen LogP contribution in [-0.4, -0.2) is 21.0 Å². The van der Waals surface area contributed by atoms with Gasteiger partial charge in [-0.15, -0.1) is 0 Å². The summed E-state index contributed by atoms with van der Waals surface area (Å²) >= 11 is 1.28. The maximum Gasteiger partial charge on any atom is 0.325 e. The van der Waals surface area contributed by atoms with Crippen LogP contribution in [0, 0.1) is 11.3 Å². The number of amides is 2. The Labute approximate surface area is 144 Å². The molecular weight excluding hydrogens is 340 g/mol. The highest BCUT2D eigenvalue weighted by Gasteiger charge is 2.09. The van der Waals surface area contributed by atoms with E-state index >= 15 is 0 Å². The number of urea groups is 1. The van der Waals surface area contributed by atoms with Crippen LogP contribution in [-0.2, 0) is 0 Å². The van der Waals surface area contributed by atoms with Crippen molar-refractivity contribution in [1.29, 1.82) is 5.26 Å². The predicted octanol–water partition coefficient (Wildman–Crippen LogP) is 2.98. The molecule has 8 nitrogen and oxygen atoms in total. The first kappa shape index (κ1) is 14.9. The van der Waals surface area contributed by atoms with Crippen LogP contribution in [0.2, 0.25) is 0 Å². The van der Waals surface area contributed by atoms with Crippen LogP contribution in [0.3, 0.4) is 0 Å². The number of rotatable bonds is 2. The Morgan fingerprint density at radius 2 is 1.96 bits per heavy atom. The van der Waals surface area contributed by atoms with Crippen LogP contribution in [0.1, 0.15) is 5.56 Å². The lowest BCUT2D eigenvalue weighted by Crippen LogP contribution is -2.19. The first-order chi connectivity index (χ1) is 12.1. The molecule has 25 heavy (non-hydrogen) atoms. The SMILES string of the molecule is N#Cc1ccc2nc(NC(=O)Nc3ccc4[nH]c(=O)[nH]c4c3)sc2c1. The second-order valence-electron chi connectivity index (χ2n) is 5.23. The molecule has 0 radical (unpaired) electrons. The molecule has 0 aliphatic rings. The van der Waals surface area contributed by atoms with E-state index < -0.39 is 6.03 Å². The Balaban J connectivity index is 1.52. The monoisotopic (exact) mass is 350 g/mol. The van der Waals surface area contributed by atoms with Gasteiger partial charge in [0.05, 0.1) is 32.9 Å². The average Bonchev–Trinajstić information content (AvgIpc) is 3.14. The summed E-state index contributed by atoms with van der Waals surface area (Å²) in [5.41, 5.74) is 2.75. The van der Waals surface area contributed by atoms with E-state index in [4.69, 9.17) is 5.26 Å². The number of fused-ring (bicyclic) bond motifs is 2. The van der Waals surface area contributed by atoms with Gasteiger partial charge in [-0.25, -0.2) is 14.6 Å². The molecule has 0 spiro atoms. The van der Waals surface area contributed by atoms with Crippen molar-refractivity contribution in [2.24, 2.45) is 0 Å². The smallest absolute Gasteiger partial charge is 0.308 e. The van der Waals surface area contributed by atoms with E-state index in [-0.39, 0.29) is 5.69 Å². The summed E-state index contributed by atoms with van der Waals surface area (Å²) < 4.78 is 0.820. The molecular formula is C16H10N6O2S. The zero-order valence-electron chi connectivity index (χ0n) is 12.6. The number of nitriles is 1. The van der Waals surface area contributed by atoms with Crippen LogP contribution < -0.4 is 16.3 Å². The number of imidazole rings is 1. The molecule has 2 heterocycles. The lowest BCUT2D eigenvalue weighted by atomic mass is 10.2. The second-order valence-corrected chi connectivity index (χ2v) is 6.26. The second kappa shape index (κ2) is 5.77. The molecule has 0 saturated carbocycles. The number of benzene rings is 2. The molecule has 9 heteroatoms. The number of thiazole rings is 1. The first-order valence-corrected chi connectivity index (χ1v) is 8.03. The van der Waals surface area contributed by atoms with Gasteiger partial charge in [-0.3, -0.25) is 5.32 Å². The molecule has 4 aromatic rings. The highest BCUT2D eigenvalue weighted by atomic mass is 32.1. The summed E-state index contributed by atoms with van der Waals surface area (Å²) in [4.78, 5) is 33.0. The molecule has 2 amide bonds. The van der Waals surface area contributed by atoms with E-state index in [0.29, 0.717) is 32.9 Å². The number of anilines is 2. The number of hydrogen-bond acceptors (Lipinski definition) is 5. The van der Waals surface area contributed by atoms with Crippen molar-refractivity contribution in [2.45, 2.75) is 0 Å². The number of nitrogens with zero attached hydrogens (tertiary/aromatic N) is 2. The summed E-state index contributed by atoms with van der Waals surface area (Å²) in [7, 11) is 0. The fourth-order valence-electron chi connectivity index (χ4n) is 2.42. The summed E-state index contributed by atoms with van der Waals surface area (Å²) in [5, 5.41) is 14.7. The molecule has 0 unspecified atom stereocenters. The van der Waals surface area contributed by atoms with Gasteiger partial charge < -0.3 is 15.3 Å². The minimum absolute atomic E-state index is 0.303. The number of aromatic amines is 2. The van der Waals surface area contributed by atoms with Crippen molar-refractivity contribution in [3.05, 3.63) is 52.4 Å². The molecule has 4 N–H and O–H groups in total. The van der Waals surface area contributed by atoms with Crippen LogP contribution in [0.5, 0.6) is 0 Å². The topological polar surface area (TPSA) is 126 Å². The summed E-state index contributed by atoms with van der Waals surface area (Å²) in [5.74, 6) is 0. The van der Waals surface area contributed by atoms with Crippen molar-refractivity contribution >= 4 is 49.4 Å². The molecule has 4 rings (SSSR count). The Bertz CT molecular complexity index is 1210. The number of nitrogens with one attached hydrogen (secondary N) is 4. The Hall–Kier alpha value is -3.64. The molecule has 0 aliphatic heterocycles. The van der Waals surface area contributed by atoms with Gasteiger partial charge >= 0.3 is 11.7 Å². The first-order valence-electron chi connectivity index (χ1n) is 7.21. The Morgan fingerprint density at radius 3 is 2.80 bits per heavy atom. The van der Waals surface area contributed by atoms with Crippen molar-refractivity contribution in [3.8, 4) is 6.07 Å². The third kappa shape index (κ3) is 2.93.